The molecule has 2 heterocycles. The highest BCUT2D eigenvalue weighted by Crippen LogP contribution is 2.16. The highest BCUT2D eigenvalue weighted by molar-refractivity contribution is 6.28. The van der Waals surface area contributed by atoms with Crippen molar-refractivity contribution in [3.05, 3.63) is 5.28 Å². The molecule has 0 aromatic carbocycles. The Morgan fingerprint density at radius 3 is 2.50 bits per heavy atom. The summed E-state index contributed by atoms with van der Waals surface area (Å²) in [6, 6.07) is 0. The van der Waals surface area contributed by atoms with Gasteiger partial charge in [-0.25, -0.2) is 0 Å². The van der Waals surface area contributed by atoms with Crippen molar-refractivity contribution in [1.29, 1.82) is 0 Å². The summed E-state index contributed by atoms with van der Waals surface area (Å²) >= 11 is 5.87. The average molecular weight is 244 g/mol. The molecule has 6 nitrogen and oxygen atoms in total. The molecule has 1 aliphatic heterocycles. The second-order valence-corrected chi connectivity index (χ2v) is 4.04. The fourth-order valence-corrected chi connectivity index (χ4v) is 1.59. The molecule has 0 unspecified atom stereocenters. The molecular formula is C9H14ClN5O. The molecule has 7 heteroatoms. The number of hydrogen-bond acceptors (Lipinski definition) is 6. The van der Waals surface area contributed by atoms with E-state index in [4.69, 9.17) is 16.3 Å². The van der Waals surface area contributed by atoms with Crippen LogP contribution in [-0.2, 0) is 4.74 Å². The van der Waals surface area contributed by atoms with Crippen LogP contribution in [0.3, 0.4) is 0 Å². The van der Waals surface area contributed by atoms with Gasteiger partial charge in [0.1, 0.15) is 0 Å². The summed E-state index contributed by atoms with van der Waals surface area (Å²) in [6.07, 6.45) is 0. The Morgan fingerprint density at radius 2 is 1.88 bits per heavy atom. The molecular weight excluding hydrogens is 230 g/mol. The van der Waals surface area contributed by atoms with Crippen LogP contribution in [0.1, 0.15) is 0 Å². The molecule has 0 atom stereocenters. The summed E-state index contributed by atoms with van der Waals surface area (Å²) in [6.45, 7) is 2.96. The molecule has 0 bridgehead atoms. The average Bonchev–Trinajstić information content (AvgIpc) is 2.29. The van der Waals surface area contributed by atoms with Gasteiger partial charge in [-0.1, -0.05) is 0 Å². The molecule has 0 aliphatic carbocycles. The van der Waals surface area contributed by atoms with Crippen LogP contribution in [0.15, 0.2) is 0 Å². The minimum absolute atomic E-state index is 0.222. The number of aromatic nitrogens is 3. The van der Waals surface area contributed by atoms with E-state index >= 15 is 0 Å². The molecule has 1 aromatic rings. The molecule has 1 aromatic heterocycles. The van der Waals surface area contributed by atoms with Gasteiger partial charge in [0.25, 0.3) is 0 Å². The zero-order chi connectivity index (χ0) is 11.5. The van der Waals surface area contributed by atoms with Gasteiger partial charge in [0.05, 0.1) is 13.2 Å². The second kappa shape index (κ2) is 4.80. The van der Waals surface area contributed by atoms with Gasteiger partial charge in [-0.3, -0.25) is 0 Å². The molecule has 0 saturated carbocycles. The van der Waals surface area contributed by atoms with Crippen molar-refractivity contribution in [1.82, 2.24) is 15.0 Å². The van der Waals surface area contributed by atoms with E-state index in [0.717, 1.165) is 13.1 Å². The SMILES string of the molecule is CN(C)c1nc(Cl)nc(N2CCOCC2)n1. The number of halogens is 1. The lowest BCUT2D eigenvalue weighted by molar-refractivity contribution is 0.122. The fraction of sp³-hybridized carbons (Fsp3) is 0.667. The standard InChI is InChI=1S/C9H14ClN5O/c1-14(2)8-11-7(10)12-9(13-8)15-3-5-16-6-4-15/h3-6H2,1-2H3. The highest BCUT2D eigenvalue weighted by atomic mass is 35.5. The molecule has 0 radical (unpaired) electrons. The van der Waals surface area contributed by atoms with Crippen molar-refractivity contribution in [2.75, 3.05) is 50.2 Å². The maximum absolute atomic E-state index is 5.87. The number of morpholine rings is 1. The van der Waals surface area contributed by atoms with Gasteiger partial charge in [-0.15, -0.1) is 0 Å². The molecule has 0 N–H and O–H groups in total. The summed E-state index contributed by atoms with van der Waals surface area (Å²) in [4.78, 5) is 16.4. The first kappa shape index (κ1) is 11.3. The maximum Gasteiger partial charge on any atom is 0.231 e. The molecule has 0 spiro atoms. The summed E-state index contributed by atoms with van der Waals surface area (Å²) in [5.74, 6) is 1.19. The van der Waals surface area contributed by atoms with Crippen molar-refractivity contribution >= 4 is 23.5 Å². The van der Waals surface area contributed by atoms with Crippen LogP contribution in [0.4, 0.5) is 11.9 Å². The van der Waals surface area contributed by atoms with Crippen molar-refractivity contribution in [2.45, 2.75) is 0 Å². The van der Waals surface area contributed by atoms with Gasteiger partial charge in [0, 0.05) is 27.2 Å². The predicted octanol–water partition coefficient (Wildman–Crippen LogP) is 0.428. The van der Waals surface area contributed by atoms with Gasteiger partial charge in [-0.05, 0) is 11.6 Å². The molecule has 1 aliphatic rings. The largest absolute Gasteiger partial charge is 0.378 e. The Hall–Kier alpha value is -1.14. The first-order valence-corrected chi connectivity index (χ1v) is 5.46. The molecule has 1 fully saturated rings. The first-order chi connectivity index (χ1) is 7.66. The van der Waals surface area contributed by atoms with Crippen LogP contribution < -0.4 is 9.80 Å². The van der Waals surface area contributed by atoms with E-state index in [-0.39, 0.29) is 5.28 Å². The molecule has 88 valence electrons. The monoisotopic (exact) mass is 243 g/mol. The summed E-state index contributed by atoms with van der Waals surface area (Å²) in [5, 5.41) is 0.222. The van der Waals surface area contributed by atoms with Crippen LogP contribution in [-0.4, -0.2) is 55.4 Å². The first-order valence-electron chi connectivity index (χ1n) is 5.08. The van der Waals surface area contributed by atoms with Crippen LogP contribution in [0.5, 0.6) is 0 Å². The molecule has 16 heavy (non-hydrogen) atoms. The summed E-state index contributed by atoms with van der Waals surface area (Å²) < 4.78 is 5.27. The van der Waals surface area contributed by atoms with Crippen molar-refractivity contribution < 1.29 is 4.74 Å². The zero-order valence-electron chi connectivity index (χ0n) is 9.35. The van der Waals surface area contributed by atoms with Crippen LogP contribution in [0, 0.1) is 0 Å². The lowest BCUT2D eigenvalue weighted by Crippen LogP contribution is -2.37. The van der Waals surface area contributed by atoms with E-state index in [1.807, 2.05) is 19.0 Å². The van der Waals surface area contributed by atoms with E-state index in [9.17, 15) is 0 Å². The fourth-order valence-electron chi connectivity index (χ4n) is 1.43. The van der Waals surface area contributed by atoms with Crippen LogP contribution in [0.25, 0.3) is 0 Å². The van der Waals surface area contributed by atoms with Crippen molar-refractivity contribution in [2.24, 2.45) is 0 Å². The number of hydrogen-bond donors (Lipinski definition) is 0. The van der Waals surface area contributed by atoms with Gasteiger partial charge >= 0.3 is 0 Å². The number of anilines is 2. The minimum Gasteiger partial charge on any atom is -0.378 e. The van der Waals surface area contributed by atoms with Gasteiger partial charge in [0.2, 0.25) is 17.2 Å². The third-order valence-electron chi connectivity index (χ3n) is 2.28. The maximum atomic E-state index is 5.87. The number of nitrogens with zero attached hydrogens (tertiary/aromatic N) is 5. The predicted molar refractivity (Wildman–Crippen MR) is 62.2 cm³/mol. The summed E-state index contributed by atoms with van der Waals surface area (Å²) in [5.41, 5.74) is 0. The summed E-state index contributed by atoms with van der Waals surface area (Å²) in [7, 11) is 3.74. The van der Waals surface area contributed by atoms with Crippen LogP contribution >= 0.6 is 11.6 Å². The van der Waals surface area contributed by atoms with E-state index < -0.39 is 0 Å². The Kier molecular flexibility index (Phi) is 3.40. The number of rotatable bonds is 2. The highest BCUT2D eigenvalue weighted by Gasteiger charge is 2.16. The van der Waals surface area contributed by atoms with E-state index in [1.165, 1.54) is 0 Å². The molecule has 2 rings (SSSR count). The van der Waals surface area contributed by atoms with E-state index in [1.54, 1.807) is 4.90 Å². The minimum atomic E-state index is 0.222. The topological polar surface area (TPSA) is 54.4 Å². The molecule has 0 amide bonds. The van der Waals surface area contributed by atoms with Gasteiger partial charge < -0.3 is 14.5 Å². The van der Waals surface area contributed by atoms with Gasteiger partial charge in [0.15, 0.2) is 0 Å². The lowest BCUT2D eigenvalue weighted by Gasteiger charge is -2.27. The quantitative estimate of drug-likeness (QED) is 0.751. The molecule has 1 saturated heterocycles. The normalized spacial score (nSPS) is 16.3. The van der Waals surface area contributed by atoms with Crippen molar-refractivity contribution in [3.63, 3.8) is 0 Å². The van der Waals surface area contributed by atoms with E-state index in [2.05, 4.69) is 15.0 Å². The second-order valence-electron chi connectivity index (χ2n) is 3.70. The zero-order valence-corrected chi connectivity index (χ0v) is 10.1. The smallest absolute Gasteiger partial charge is 0.231 e. The van der Waals surface area contributed by atoms with Gasteiger partial charge in [-0.2, -0.15) is 15.0 Å². The third-order valence-corrected chi connectivity index (χ3v) is 2.45. The lowest BCUT2D eigenvalue weighted by atomic mass is 10.4. The Labute approximate surface area is 99.2 Å². The Balaban J connectivity index is 2.25. The third kappa shape index (κ3) is 2.51. The van der Waals surface area contributed by atoms with E-state index in [0.29, 0.717) is 25.1 Å². The van der Waals surface area contributed by atoms with Crippen molar-refractivity contribution in [3.8, 4) is 0 Å². The van der Waals surface area contributed by atoms with Crippen LogP contribution in [0.2, 0.25) is 5.28 Å². The Bertz CT molecular complexity index is 367. The number of ether oxygens (including phenoxy) is 1. The Morgan fingerprint density at radius 1 is 1.19 bits per heavy atom.